The third-order valence-electron chi connectivity index (χ3n) is 7.14. The van der Waals surface area contributed by atoms with Crippen LogP contribution in [0.2, 0.25) is 0 Å². The highest BCUT2D eigenvalue weighted by molar-refractivity contribution is 6.04. The zero-order chi connectivity index (χ0) is 29.3. The van der Waals surface area contributed by atoms with Crippen molar-refractivity contribution in [1.82, 2.24) is 29.5 Å². The maximum atomic E-state index is 13.0. The molecule has 10 heteroatoms. The highest BCUT2D eigenvalue weighted by Gasteiger charge is 2.14. The summed E-state index contributed by atoms with van der Waals surface area (Å²) in [6, 6.07) is 13.6. The summed E-state index contributed by atoms with van der Waals surface area (Å²) in [6.07, 6.45) is 7.47. The fourth-order valence-electron chi connectivity index (χ4n) is 4.57. The molecule has 1 saturated heterocycles. The number of anilines is 3. The summed E-state index contributed by atoms with van der Waals surface area (Å²) >= 11 is 0. The minimum absolute atomic E-state index is 0.122. The van der Waals surface area contributed by atoms with Crippen molar-refractivity contribution in [2.24, 2.45) is 0 Å². The van der Waals surface area contributed by atoms with Gasteiger partial charge in [-0.25, -0.2) is 9.97 Å². The number of aromatic nitrogens is 4. The number of rotatable bonds is 9. The van der Waals surface area contributed by atoms with E-state index in [0.29, 0.717) is 30.0 Å². The van der Waals surface area contributed by atoms with E-state index in [-0.39, 0.29) is 12.5 Å². The van der Waals surface area contributed by atoms with E-state index >= 15 is 0 Å². The van der Waals surface area contributed by atoms with Crippen LogP contribution in [-0.4, -0.2) is 80.4 Å². The summed E-state index contributed by atoms with van der Waals surface area (Å²) in [5, 5.41) is 19.3. The van der Waals surface area contributed by atoms with Crippen molar-refractivity contribution in [3.05, 3.63) is 95.1 Å². The number of aliphatic hydroxyl groups is 1. The van der Waals surface area contributed by atoms with Crippen LogP contribution in [0.3, 0.4) is 0 Å². The molecule has 0 aliphatic carbocycles. The Morgan fingerprint density at radius 1 is 0.976 bits per heavy atom. The van der Waals surface area contributed by atoms with Crippen LogP contribution in [0.1, 0.15) is 39.0 Å². The van der Waals surface area contributed by atoms with E-state index in [1.165, 1.54) is 5.56 Å². The van der Waals surface area contributed by atoms with Crippen LogP contribution in [0.15, 0.2) is 67.3 Å². The van der Waals surface area contributed by atoms with Crippen LogP contribution in [0.5, 0.6) is 0 Å². The topological polar surface area (TPSA) is 111 Å². The quantitative estimate of drug-likeness (QED) is 0.265. The standard InChI is InChI=1S/C32H36N8O2/c1-24-4-8-28(31(42)36-29-10-6-25(7-11-29)22-39-15-13-38(2)14-16-39)18-27(24)9-5-26-19-33-32(34-20-26)37-30-21-35-40(23-30)12-3-17-41/h4,6-8,10-11,18-21,23,41H,3,12-17,22H2,1-2H3,(H,36,42)(H,33,34,37). The summed E-state index contributed by atoms with van der Waals surface area (Å²) in [4.78, 5) is 26.5. The molecule has 0 bridgehead atoms. The third-order valence-corrected chi connectivity index (χ3v) is 7.14. The summed E-state index contributed by atoms with van der Waals surface area (Å²) in [5.74, 6) is 6.51. The largest absolute Gasteiger partial charge is 0.396 e. The monoisotopic (exact) mass is 564 g/mol. The van der Waals surface area contributed by atoms with Crippen LogP contribution in [-0.2, 0) is 13.1 Å². The number of nitrogens with zero attached hydrogens (tertiary/aromatic N) is 6. The molecule has 1 fully saturated rings. The Balaban J connectivity index is 1.18. The lowest BCUT2D eigenvalue weighted by atomic mass is 10.0. The van der Waals surface area contributed by atoms with E-state index in [4.69, 9.17) is 5.11 Å². The molecule has 0 atom stereocenters. The molecule has 0 unspecified atom stereocenters. The van der Waals surface area contributed by atoms with Crippen molar-refractivity contribution in [3.63, 3.8) is 0 Å². The van der Waals surface area contributed by atoms with Crippen LogP contribution in [0, 0.1) is 18.8 Å². The first kappa shape index (κ1) is 29.0. The van der Waals surface area contributed by atoms with E-state index in [0.717, 1.165) is 55.2 Å². The van der Waals surface area contributed by atoms with Gasteiger partial charge in [0.15, 0.2) is 0 Å². The summed E-state index contributed by atoms with van der Waals surface area (Å²) in [6.45, 7) is 7.98. The lowest BCUT2D eigenvalue weighted by Crippen LogP contribution is -2.43. The van der Waals surface area contributed by atoms with Gasteiger partial charge < -0.3 is 20.6 Å². The molecule has 42 heavy (non-hydrogen) atoms. The van der Waals surface area contributed by atoms with Crippen LogP contribution in [0.4, 0.5) is 17.3 Å². The van der Waals surface area contributed by atoms with Gasteiger partial charge in [-0.05, 0) is 55.8 Å². The van der Waals surface area contributed by atoms with Gasteiger partial charge in [-0.3, -0.25) is 14.4 Å². The molecule has 2 aromatic carbocycles. The normalized spacial score (nSPS) is 13.8. The smallest absolute Gasteiger partial charge is 0.255 e. The van der Waals surface area contributed by atoms with Gasteiger partial charge in [-0.1, -0.05) is 30.0 Å². The number of hydrogen-bond donors (Lipinski definition) is 3. The molecule has 0 spiro atoms. The van der Waals surface area contributed by atoms with Gasteiger partial charge in [-0.2, -0.15) is 5.10 Å². The predicted molar refractivity (Wildman–Crippen MR) is 164 cm³/mol. The molecular formula is C32H36N8O2. The van der Waals surface area contributed by atoms with Gasteiger partial charge >= 0.3 is 0 Å². The fourth-order valence-corrected chi connectivity index (χ4v) is 4.57. The van der Waals surface area contributed by atoms with Crippen molar-refractivity contribution < 1.29 is 9.90 Å². The Labute approximate surface area is 246 Å². The van der Waals surface area contributed by atoms with Gasteiger partial charge in [0.2, 0.25) is 5.95 Å². The second kappa shape index (κ2) is 13.9. The molecule has 1 aliphatic rings. The van der Waals surface area contributed by atoms with E-state index < -0.39 is 0 Å². The fraction of sp³-hybridized carbons (Fsp3) is 0.312. The summed E-state index contributed by atoms with van der Waals surface area (Å²) in [5.41, 5.74) is 5.71. The first-order chi connectivity index (χ1) is 20.4. The lowest BCUT2D eigenvalue weighted by Gasteiger charge is -2.32. The van der Waals surface area contributed by atoms with Gasteiger partial charge in [-0.15, -0.1) is 0 Å². The van der Waals surface area contributed by atoms with Crippen LogP contribution in [0.25, 0.3) is 0 Å². The second-order valence-corrected chi connectivity index (χ2v) is 10.5. The van der Waals surface area contributed by atoms with E-state index in [2.05, 4.69) is 66.5 Å². The Morgan fingerprint density at radius 3 is 2.48 bits per heavy atom. The first-order valence-corrected chi connectivity index (χ1v) is 14.1. The maximum absolute atomic E-state index is 13.0. The van der Waals surface area contributed by atoms with E-state index in [9.17, 15) is 4.79 Å². The maximum Gasteiger partial charge on any atom is 0.255 e. The van der Waals surface area contributed by atoms with Crippen molar-refractivity contribution >= 4 is 23.2 Å². The number of amides is 1. The van der Waals surface area contributed by atoms with E-state index in [1.54, 1.807) is 23.3 Å². The zero-order valence-electron chi connectivity index (χ0n) is 24.0. The number of carbonyl (C=O) groups is 1. The molecule has 216 valence electrons. The number of carbonyl (C=O) groups excluding carboxylic acids is 1. The van der Waals surface area contributed by atoms with Gasteiger partial charge in [0.25, 0.3) is 5.91 Å². The van der Waals surface area contributed by atoms with Crippen molar-refractivity contribution in [3.8, 4) is 11.8 Å². The molecule has 5 rings (SSSR count). The van der Waals surface area contributed by atoms with Gasteiger partial charge in [0, 0.05) is 81.3 Å². The SMILES string of the molecule is Cc1ccc(C(=O)Nc2ccc(CN3CCN(C)CC3)cc2)cc1C#Cc1cnc(Nc2cnn(CCCO)c2)nc1. The highest BCUT2D eigenvalue weighted by Crippen LogP contribution is 2.16. The number of benzene rings is 2. The minimum Gasteiger partial charge on any atom is -0.396 e. The minimum atomic E-state index is -0.177. The average molecular weight is 565 g/mol. The first-order valence-electron chi connectivity index (χ1n) is 14.1. The molecule has 2 aromatic heterocycles. The third kappa shape index (κ3) is 8.01. The number of aliphatic hydroxyl groups excluding tert-OH is 1. The Kier molecular flexibility index (Phi) is 9.56. The van der Waals surface area contributed by atoms with E-state index in [1.807, 2.05) is 43.5 Å². The lowest BCUT2D eigenvalue weighted by molar-refractivity contribution is 0.102. The molecule has 0 radical (unpaired) electrons. The summed E-state index contributed by atoms with van der Waals surface area (Å²) in [7, 11) is 2.16. The molecular weight excluding hydrogens is 528 g/mol. The Bertz CT molecular complexity index is 1550. The number of aryl methyl sites for hydroxylation is 2. The molecule has 0 saturated carbocycles. The Morgan fingerprint density at radius 2 is 1.74 bits per heavy atom. The van der Waals surface area contributed by atoms with Crippen LogP contribution < -0.4 is 10.6 Å². The highest BCUT2D eigenvalue weighted by atomic mass is 16.3. The van der Waals surface area contributed by atoms with Crippen molar-refractivity contribution in [2.75, 3.05) is 50.5 Å². The number of nitrogens with one attached hydrogen (secondary N) is 2. The van der Waals surface area contributed by atoms with Crippen molar-refractivity contribution in [2.45, 2.75) is 26.4 Å². The predicted octanol–water partition coefficient (Wildman–Crippen LogP) is 3.51. The molecule has 3 N–H and O–H groups in total. The number of hydrogen-bond acceptors (Lipinski definition) is 8. The molecule has 1 amide bonds. The Hall–Kier alpha value is -4.56. The molecule has 1 aliphatic heterocycles. The number of piperazine rings is 1. The van der Waals surface area contributed by atoms with Crippen LogP contribution >= 0.6 is 0 Å². The molecule has 10 nitrogen and oxygen atoms in total. The van der Waals surface area contributed by atoms with Crippen molar-refractivity contribution in [1.29, 1.82) is 0 Å². The molecule has 4 aromatic rings. The molecule has 3 heterocycles. The number of likely N-dealkylation sites (N-methyl/N-ethyl adjacent to an activating group) is 1. The average Bonchev–Trinajstić information content (AvgIpc) is 3.45. The summed E-state index contributed by atoms with van der Waals surface area (Å²) < 4.78 is 1.75. The zero-order valence-corrected chi connectivity index (χ0v) is 24.0. The second-order valence-electron chi connectivity index (χ2n) is 10.5. The van der Waals surface area contributed by atoms with Gasteiger partial charge in [0.1, 0.15) is 0 Å². The van der Waals surface area contributed by atoms with Gasteiger partial charge in [0.05, 0.1) is 17.4 Å².